The lowest BCUT2D eigenvalue weighted by Crippen LogP contribution is -2.35. The number of likely N-dealkylation sites (tertiary alicyclic amines) is 1. The quantitative estimate of drug-likeness (QED) is 0.495. The van der Waals surface area contributed by atoms with E-state index in [9.17, 15) is 9.59 Å². The van der Waals surface area contributed by atoms with Gasteiger partial charge in [0.05, 0.1) is 17.7 Å². The Balaban J connectivity index is 1.41. The highest BCUT2D eigenvalue weighted by Crippen LogP contribution is 2.34. The Morgan fingerprint density at radius 3 is 2.64 bits per heavy atom. The van der Waals surface area contributed by atoms with E-state index in [2.05, 4.69) is 4.98 Å². The van der Waals surface area contributed by atoms with Crippen LogP contribution < -0.4 is 10.3 Å². The lowest BCUT2D eigenvalue weighted by molar-refractivity contribution is 0.0285. The number of nitrogens with one attached hydrogen (secondary N) is 1. The maximum atomic E-state index is 12.9. The van der Waals surface area contributed by atoms with E-state index >= 15 is 0 Å². The molecule has 1 atom stereocenters. The molecule has 1 unspecified atom stereocenters. The van der Waals surface area contributed by atoms with Crippen molar-refractivity contribution in [2.24, 2.45) is 11.8 Å². The van der Waals surface area contributed by atoms with E-state index in [1.165, 1.54) is 25.7 Å². The smallest absolute Gasteiger partial charge is 0.410 e. The van der Waals surface area contributed by atoms with Crippen LogP contribution >= 0.6 is 0 Å². The zero-order chi connectivity index (χ0) is 23.4. The molecule has 1 saturated carbocycles. The highest BCUT2D eigenvalue weighted by Gasteiger charge is 2.30. The summed E-state index contributed by atoms with van der Waals surface area (Å²) in [6.45, 7) is 7.42. The summed E-state index contributed by atoms with van der Waals surface area (Å²) in [5.74, 6) is 1.90. The Bertz CT molecular complexity index is 1020. The maximum Gasteiger partial charge on any atom is 0.410 e. The fraction of sp³-hybridized carbons (Fsp3) is 0.630. The van der Waals surface area contributed by atoms with Gasteiger partial charge in [-0.3, -0.25) is 4.79 Å². The van der Waals surface area contributed by atoms with Crippen molar-refractivity contribution in [3.63, 3.8) is 0 Å². The van der Waals surface area contributed by atoms with Gasteiger partial charge in [-0.2, -0.15) is 0 Å². The molecule has 6 nitrogen and oxygen atoms in total. The van der Waals surface area contributed by atoms with Gasteiger partial charge >= 0.3 is 6.09 Å². The second kappa shape index (κ2) is 10.2. The van der Waals surface area contributed by atoms with Crippen LogP contribution in [0.3, 0.4) is 0 Å². The summed E-state index contributed by atoms with van der Waals surface area (Å²) in [6.07, 6.45) is 8.85. The number of hydrogen-bond acceptors (Lipinski definition) is 4. The van der Waals surface area contributed by atoms with Gasteiger partial charge in [0.2, 0.25) is 0 Å². The number of nitrogens with zero attached hydrogens (tertiary/aromatic N) is 1. The first-order valence-electron chi connectivity index (χ1n) is 12.5. The number of amides is 1. The standard InChI is InChI=1S/C27H38N2O4/c1-27(2,3)33-26(31)29-16-15-20(17-29)18-32-24-21-10-7-8-12-23(21)28-25(30)22(24)11-6-4-5-9-19-13-14-19/h7-8,10,12,19-20H,4-6,9,11,13-18H2,1-3H3,(H,28,30). The minimum Gasteiger partial charge on any atom is -0.492 e. The SMILES string of the molecule is CC(C)(C)OC(=O)N1CCC(COc2c(CCCCCC3CC3)c(=O)[nH]c3ccccc23)C1. The normalized spacial score (nSPS) is 18.6. The highest BCUT2D eigenvalue weighted by atomic mass is 16.6. The van der Waals surface area contributed by atoms with Crippen molar-refractivity contribution in [2.75, 3.05) is 19.7 Å². The van der Waals surface area contributed by atoms with Crippen LogP contribution in [-0.4, -0.2) is 41.3 Å². The fourth-order valence-electron chi connectivity index (χ4n) is 4.63. The maximum absolute atomic E-state index is 12.9. The third-order valence-electron chi connectivity index (χ3n) is 6.61. The van der Waals surface area contributed by atoms with Crippen molar-refractivity contribution < 1.29 is 14.3 Å². The first-order valence-corrected chi connectivity index (χ1v) is 12.5. The molecular formula is C27H38N2O4. The minimum atomic E-state index is -0.497. The number of unbranched alkanes of at least 4 members (excludes halogenated alkanes) is 2. The van der Waals surface area contributed by atoms with E-state index in [4.69, 9.17) is 9.47 Å². The molecule has 0 spiro atoms. The largest absolute Gasteiger partial charge is 0.492 e. The lowest BCUT2D eigenvalue weighted by atomic mass is 10.0. The van der Waals surface area contributed by atoms with E-state index < -0.39 is 5.60 Å². The van der Waals surface area contributed by atoms with Gasteiger partial charge in [0, 0.05) is 24.4 Å². The number of aromatic nitrogens is 1. The van der Waals surface area contributed by atoms with Gasteiger partial charge in [-0.1, -0.05) is 44.2 Å². The minimum absolute atomic E-state index is 0.0484. The topological polar surface area (TPSA) is 71.6 Å². The molecule has 1 aliphatic carbocycles. The molecule has 33 heavy (non-hydrogen) atoms. The summed E-state index contributed by atoms with van der Waals surface area (Å²) in [6, 6.07) is 7.84. The van der Waals surface area contributed by atoms with Crippen LogP contribution in [0.5, 0.6) is 5.75 Å². The van der Waals surface area contributed by atoms with Crippen molar-refractivity contribution in [1.82, 2.24) is 9.88 Å². The van der Waals surface area contributed by atoms with Crippen LogP contribution in [0.4, 0.5) is 4.79 Å². The molecule has 2 aromatic rings. The molecule has 1 N–H and O–H groups in total. The van der Waals surface area contributed by atoms with Crippen LogP contribution in [0.25, 0.3) is 10.9 Å². The number of carbonyl (C=O) groups excluding carboxylic acids is 1. The second-order valence-corrected chi connectivity index (χ2v) is 10.7. The third-order valence-corrected chi connectivity index (χ3v) is 6.61. The van der Waals surface area contributed by atoms with Crippen LogP contribution in [0.2, 0.25) is 0 Å². The number of ether oxygens (including phenoxy) is 2. The Morgan fingerprint density at radius 1 is 1.09 bits per heavy atom. The van der Waals surface area contributed by atoms with Gasteiger partial charge in [-0.15, -0.1) is 0 Å². The Morgan fingerprint density at radius 2 is 1.88 bits per heavy atom. The predicted molar refractivity (Wildman–Crippen MR) is 131 cm³/mol. The molecule has 1 aliphatic heterocycles. The number of hydrogen-bond donors (Lipinski definition) is 1. The van der Waals surface area contributed by atoms with Crippen LogP contribution in [0.15, 0.2) is 29.1 Å². The summed E-state index contributed by atoms with van der Waals surface area (Å²) in [4.78, 5) is 30.1. The molecule has 0 radical (unpaired) electrons. The van der Waals surface area contributed by atoms with E-state index in [-0.39, 0.29) is 17.6 Å². The number of rotatable bonds is 9. The highest BCUT2D eigenvalue weighted by molar-refractivity contribution is 5.86. The van der Waals surface area contributed by atoms with Crippen LogP contribution in [0, 0.1) is 11.8 Å². The summed E-state index contributed by atoms with van der Waals surface area (Å²) in [5.41, 5.74) is 1.01. The lowest BCUT2D eigenvalue weighted by Gasteiger charge is -2.24. The fourth-order valence-corrected chi connectivity index (χ4v) is 4.63. The first-order chi connectivity index (χ1) is 15.8. The molecule has 1 amide bonds. The van der Waals surface area contributed by atoms with Crippen molar-refractivity contribution in [3.8, 4) is 5.75 Å². The van der Waals surface area contributed by atoms with Crippen molar-refractivity contribution in [2.45, 2.75) is 77.7 Å². The number of carbonyl (C=O) groups is 1. The van der Waals surface area contributed by atoms with Gasteiger partial charge in [-0.05, 0) is 58.1 Å². The number of aromatic amines is 1. The first kappa shape index (κ1) is 23.7. The number of pyridine rings is 1. The van der Waals surface area contributed by atoms with E-state index in [0.29, 0.717) is 25.4 Å². The molecule has 2 heterocycles. The number of fused-ring (bicyclic) bond motifs is 1. The Kier molecular flexibility index (Phi) is 7.30. The van der Waals surface area contributed by atoms with Crippen molar-refractivity contribution >= 4 is 17.0 Å². The third kappa shape index (κ3) is 6.52. The average molecular weight is 455 g/mol. The summed E-state index contributed by atoms with van der Waals surface area (Å²) >= 11 is 0. The number of para-hydroxylation sites is 1. The molecular weight excluding hydrogens is 416 g/mol. The summed E-state index contributed by atoms with van der Waals surface area (Å²) < 4.78 is 11.9. The summed E-state index contributed by atoms with van der Waals surface area (Å²) in [7, 11) is 0. The number of H-pyrrole nitrogens is 1. The predicted octanol–water partition coefficient (Wildman–Crippen LogP) is 5.68. The van der Waals surface area contributed by atoms with Gasteiger partial charge < -0.3 is 19.4 Å². The van der Waals surface area contributed by atoms with E-state index in [1.54, 1.807) is 4.90 Å². The van der Waals surface area contributed by atoms with Gasteiger partial charge in [0.15, 0.2) is 0 Å². The van der Waals surface area contributed by atoms with Gasteiger partial charge in [0.1, 0.15) is 11.4 Å². The van der Waals surface area contributed by atoms with E-state index in [1.807, 2.05) is 45.0 Å². The Hall–Kier alpha value is -2.50. The Labute approximate surface area is 196 Å². The second-order valence-electron chi connectivity index (χ2n) is 10.7. The zero-order valence-electron chi connectivity index (χ0n) is 20.3. The van der Waals surface area contributed by atoms with Gasteiger partial charge in [0.25, 0.3) is 5.56 Å². The monoisotopic (exact) mass is 454 g/mol. The molecule has 6 heteroatoms. The van der Waals surface area contributed by atoms with Crippen LogP contribution in [-0.2, 0) is 11.2 Å². The van der Waals surface area contributed by atoms with Crippen molar-refractivity contribution in [3.05, 3.63) is 40.2 Å². The molecule has 4 rings (SSSR count). The molecule has 0 bridgehead atoms. The number of benzene rings is 1. The summed E-state index contributed by atoms with van der Waals surface area (Å²) in [5, 5.41) is 0.951. The van der Waals surface area contributed by atoms with E-state index in [0.717, 1.165) is 48.1 Å². The zero-order valence-corrected chi connectivity index (χ0v) is 20.3. The average Bonchev–Trinajstić information content (AvgIpc) is 3.45. The van der Waals surface area contributed by atoms with Crippen molar-refractivity contribution in [1.29, 1.82) is 0 Å². The van der Waals surface area contributed by atoms with Crippen LogP contribution in [0.1, 0.15) is 71.3 Å². The molecule has 1 aromatic heterocycles. The molecule has 2 fully saturated rings. The van der Waals surface area contributed by atoms with Gasteiger partial charge in [-0.25, -0.2) is 4.79 Å². The molecule has 2 aliphatic rings. The molecule has 180 valence electrons. The molecule has 1 aromatic carbocycles. The molecule has 1 saturated heterocycles.